The fraction of sp³-hybridized carbons (Fsp3) is 0.500. The summed E-state index contributed by atoms with van der Waals surface area (Å²) >= 11 is 0. The Kier molecular flexibility index (Phi) is 20.7. The Balaban J connectivity index is 1.31. The monoisotopic (exact) mass is 883 g/mol. The smallest absolute Gasteiger partial charge is 0.329 e. The van der Waals surface area contributed by atoms with Crippen molar-refractivity contribution in [2.45, 2.75) is 118 Å². The van der Waals surface area contributed by atoms with Crippen LogP contribution in [0.1, 0.15) is 146 Å². The molecule has 2 heterocycles. The number of imidazole rings is 2. The van der Waals surface area contributed by atoms with Crippen molar-refractivity contribution in [2.75, 3.05) is 26.2 Å². The lowest BCUT2D eigenvalue weighted by molar-refractivity contribution is -0.149. The van der Waals surface area contributed by atoms with E-state index in [1.165, 1.54) is 12.7 Å². The van der Waals surface area contributed by atoms with E-state index in [2.05, 4.69) is 30.6 Å². The molecule has 0 fully saturated rings. The summed E-state index contributed by atoms with van der Waals surface area (Å²) in [6, 6.07) is 16.6. The van der Waals surface area contributed by atoms with E-state index in [0.29, 0.717) is 39.0 Å². The molecule has 16 nitrogen and oxygen atoms in total. The number of nitrogens with zero attached hydrogens (tertiary/aromatic N) is 4. The van der Waals surface area contributed by atoms with Crippen LogP contribution >= 0.6 is 0 Å². The van der Waals surface area contributed by atoms with Gasteiger partial charge in [0.15, 0.2) is 11.4 Å². The summed E-state index contributed by atoms with van der Waals surface area (Å²) in [5, 5.41) is 5.47. The molecule has 16 heteroatoms. The highest BCUT2D eigenvalue weighted by Gasteiger charge is 2.32. The van der Waals surface area contributed by atoms with Crippen LogP contribution in [0.4, 0.5) is 0 Å². The first-order chi connectivity index (χ1) is 30.9. The number of hydrogen-bond acceptors (Lipinski definition) is 10. The van der Waals surface area contributed by atoms with E-state index >= 15 is 0 Å². The second kappa shape index (κ2) is 26.3. The van der Waals surface area contributed by atoms with E-state index in [0.717, 1.165) is 49.7 Å². The highest BCUT2D eigenvalue weighted by molar-refractivity contribution is 6.06. The Morgan fingerprint density at radius 1 is 0.547 bits per heavy atom. The standard InChI is InChI=1S/C48H66N8O8/c1-7-9-25-55(45(59)41-39(49-31-51-41)43(57)53-37(33(3)4)47(61)63-29-35-21-15-13-16-22-35)27-19-11-12-20-28-56(26-10-8-2)46(60)42-40(50-32-52-42)44(58)54-38(34(5)6)48(62)64-30-36-23-17-14-18-24-36/h13-18,21-24,31-34,37-38H,7-12,19-20,25-30H2,1-6H3,(H,49,51)(H,50,52)(H,53,57)(H,54,58)/t37-,38-/m0/s1. The average Bonchev–Trinajstić information content (AvgIpc) is 4.00. The molecule has 346 valence electrons. The normalized spacial score (nSPS) is 12.1. The summed E-state index contributed by atoms with van der Waals surface area (Å²) in [6.07, 6.45) is 8.79. The largest absolute Gasteiger partial charge is 0.459 e. The summed E-state index contributed by atoms with van der Waals surface area (Å²) in [5.41, 5.74) is 1.55. The number of unbranched alkanes of at least 4 members (excludes halogenated alkanes) is 5. The van der Waals surface area contributed by atoms with Gasteiger partial charge in [-0.15, -0.1) is 0 Å². The number of ether oxygens (including phenoxy) is 2. The molecule has 0 bridgehead atoms. The maximum Gasteiger partial charge on any atom is 0.329 e. The molecule has 2 atom stereocenters. The molecule has 4 rings (SSSR count). The number of benzene rings is 2. The summed E-state index contributed by atoms with van der Waals surface area (Å²) in [6.45, 7) is 13.3. The molecular weight excluding hydrogens is 817 g/mol. The third-order valence-corrected chi connectivity index (χ3v) is 10.7. The maximum atomic E-state index is 13.9. The molecule has 0 radical (unpaired) electrons. The van der Waals surface area contributed by atoms with Gasteiger partial charge in [0.25, 0.3) is 23.6 Å². The van der Waals surface area contributed by atoms with Gasteiger partial charge < -0.3 is 39.9 Å². The summed E-state index contributed by atoms with van der Waals surface area (Å²) in [4.78, 5) is 98.4. The average molecular weight is 883 g/mol. The van der Waals surface area contributed by atoms with Gasteiger partial charge in [0.1, 0.15) is 36.7 Å². The highest BCUT2D eigenvalue weighted by Crippen LogP contribution is 2.16. The van der Waals surface area contributed by atoms with Gasteiger partial charge >= 0.3 is 11.9 Å². The molecular formula is C48H66N8O8. The number of rotatable bonds is 27. The first-order valence-corrected chi connectivity index (χ1v) is 22.5. The molecule has 0 saturated carbocycles. The van der Waals surface area contributed by atoms with Gasteiger partial charge in [-0.2, -0.15) is 0 Å². The van der Waals surface area contributed by atoms with Crippen LogP contribution in [0.5, 0.6) is 0 Å². The zero-order chi connectivity index (χ0) is 46.4. The minimum atomic E-state index is -0.952. The predicted octanol–water partition coefficient (Wildman–Crippen LogP) is 6.87. The van der Waals surface area contributed by atoms with Crippen LogP contribution in [0, 0.1) is 11.8 Å². The Labute approximate surface area is 376 Å². The van der Waals surface area contributed by atoms with Crippen LogP contribution in [0.15, 0.2) is 73.3 Å². The molecule has 2 aromatic heterocycles. The van der Waals surface area contributed by atoms with E-state index in [4.69, 9.17) is 9.47 Å². The molecule has 0 spiro atoms. The fourth-order valence-electron chi connectivity index (χ4n) is 6.91. The number of aromatic nitrogens is 4. The molecule has 0 aliphatic heterocycles. The van der Waals surface area contributed by atoms with Crippen molar-refractivity contribution in [2.24, 2.45) is 11.8 Å². The molecule has 4 N–H and O–H groups in total. The minimum Gasteiger partial charge on any atom is -0.459 e. The van der Waals surface area contributed by atoms with Crippen LogP contribution in [0.3, 0.4) is 0 Å². The zero-order valence-electron chi connectivity index (χ0n) is 38.2. The quantitative estimate of drug-likeness (QED) is 0.0361. The Hall–Kier alpha value is -6.32. The SMILES string of the molecule is CCCCN(CCCCCCN(CCCC)C(=O)c1[nH]cnc1C(=O)N[C@H](C(=O)OCc1ccccc1)C(C)C)C(=O)c1[nH]cnc1C(=O)N[C@H](C(=O)OCc1ccccc1)C(C)C. The summed E-state index contributed by atoms with van der Waals surface area (Å²) < 4.78 is 11.0. The number of H-pyrrole nitrogens is 2. The van der Waals surface area contributed by atoms with Crippen molar-refractivity contribution in [3.8, 4) is 0 Å². The van der Waals surface area contributed by atoms with E-state index in [-0.39, 0.29) is 59.6 Å². The van der Waals surface area contributed by atoms with Crippen LogP contribution in [0.2, 0.25) is 0 Å². The van der Waals surface area contributed by atoms with Gasteiger partial charge in [0.2, 0.25) is 0 Å². The molecule has 4 amide bonds. The van der Waals surface area contributed by atoms with Crippen LogP contribution in [0.25, 0.3) is 0 Å². The van der Waals surface area contributed by atoms with Gasteiger partial charge in [-0.05, 0) is 48.6 Å². The van der Waals surface area contributed by atoms with Crippen LogP contribution in [-0.4, -0.2) is 104 Å². The Bertz CT molecular complexity index is 1940. The number of carbonyl (C=O) groups is 6. The van der Waals surface area contributed by atoms with E-state index in [1.54, 1.807) is 37.5 Å². The van der Waals surface area contributed by atoms with Crippen molar-refractivity contribution < 1.29 is 38.2 Å². The van der Waals surface area contributed by atoms with E-state index in [1.807, 2.05) is 74.5 Å². The van der Waals surface area contributed by atoms with Gasteiger partial charge in [0.05, 0.1) is 12.7 Å². The molecule has 0 aliphatic carbocycles. The number of aromatic amines is 2. The number of hydrogen-bond donors (Lipinski definition) is 4. The fourth-order valence-corrected chi connectivity index (χ4v) is 6.91. The van der Waals surface area contributed by atoms with Gasteiger partial charge in [-0.1, -0.05) is 128 Å². The van der Waals surface area contributed by atoms with Crippen molar-refractivity contribution >= 4 is 35.6 Å². The summed E-state index contributed by atoms with van der Waals surface area (Å²) in [5.74, 6) is -3.76. The number of nitrogens with one attached hydrogen (secondary N) is 4. The minimum absolute atomic E-state index is 0.0495. The molecule has 4 aromatic rings. The third kappa shape index (κ3) is 15.2. The first-order valence-electron chi connectivity index (χ1n) is 22.5. The lowest BCUT2D eigenvalue weighted by Crippen LogP contribution is -2.46. The molecule has 2 aromatic carbocycles. The van der Waals surface area contributed by atoms with E-state index in [9.17, 15) is 28.8 Å². The van der Waals surface area contributed by atoms with Crippen LogP contribution in [-0.2, 0) is 32.3 Å². The highest BCUT2D eigenvalue weighted by atomic mass is 16.5. The van der Waals surface area contributed by atoms with E-state index < -0.39 is 35.8 Å². The maximum absolute atomic E-state index is 13.9. The molecule has 0 unspecified atom stereocenters. The third-order valence-electron chi connectivity index (χ3n) is 10.7. The molecule has 0 saturated heterocycles. The Morgan fingerprint density at radius 2 is 0.906 bits per heavy atom. The zero-order valence-corrected chi connectivity index (χ0v) is 38.2. The predicted molar refractivity (Wildman–Crippen MR) is 242 cm³/mol. The topological polar surface area (TPSA) is 209 Å². The molecule has 64 heavy (non-hydrogen) atoms. The van der Waals surface area contributed by atoms with Gasteiger partial charge in [-0.25, -0.2) is 19.6 Å². The van der Waals surface area contributed by atoms with Gasteiger partial charge in [-0.3, -0.25) is 19.2 Å². The van der Waals surface area contributed by atoms with Crippen molar-refractivity contribution in [3.63, 3.8) is 0 Å². The summed E-state index contributed by atoms with van der Waals surface area (Å²) in [7, 11) is 0. The number of carbonyl (C=O) groups excluding carboxylic acids is 6. The number of amides is 4. The van der Waals surface area contributed by atoms with Crippen molar-refractivity contribution in [1.29, 1.82) is 0 Å². The molecule has 0 aliphatic rings. The first kappa shape index (κ1) is 50.3. The Morgan fingerprint density at radius 3 is 1.25 bits per heavy atom. The second-order valence-corrected chi connectivity index (χ2v) is 16.5. The van der Waals surface area contributed by atoms with Crippen LogP contribution < -0.4 is 10.6 Å². The lowest BCUT2D eigenvalue weighted by atomic mass is 10.0. The van der Waals surface area contributed by atoms with Crippen molar-refractivity contribution in [1.82, 2.24) is 40.4 Å². The van der Waals surface area contributed by atoms with Crippen molar-refractivity contribution in [3.05, 3.63) is 107 Å². The number of esters is 2. The second-order valence-electron chi connectivity index (χ2n) is 16.5. The van der Waals surface area contributed by atoms with Gasteiger partial charge in [0, 0.05) is 26.2 Å². The lowest BCUT2D eigenvalue weighted by Gasteiger charge is -2.24.